The summed E-state index contributed by atoms with van der Waals surface area (Å²) in [5.74, 6) is 0.979. The van der Waals surface area contributed by atoms with Gasteiger partial charge in [-0.3, -0.25) is 14.3 Å². The second-order valence-corrected chi connectivity index (χ2v) is 8.13. The number of Topliss-reactive ketones (excluding diaryl/α,β-unsaturated/α-hetero) is 1. The summed E-state index contributed by atoms with van der Waals surface area (Å²) in [6, 6.07) is 12.2. The molecular weight excluding hydrogens is 356 g/mol. The number of carbonyl (C=O) groups excluding carboxylic acids is 1. The van der Waals surface area contributed by atoms with Crippen LogP contribution in [0.5, 0.6) is 0 Å². The number of aryl methyl sites for hydroxylation is 1. The molecule has 5 nitrogen and oxygen atoms in total. The Kier molecular flexibility index (Phi) is 5.07. The molecule has 0 N–H and O–H groups in total. The van der Waals surface area contributed by atoms with Crippen LogP contribution >= 0.6 is 11.8 Å². The summed E-state index contributed by atoms with van der Waals surface area (Å²) in [7, 11) is 0. The van der Waals surface area contributed by atoms with E-state index in [1.807, 2.05) is 43.3 Å². The molecule has 0 amide bonds. The predicted molar refractivity (Wildman–Crippen MR) is 107 cm³/mol. The van der Waals surface area contributed by atoms with E-state index in [4.69, 9.17) is 0 Å². The summed E-state index contributed by atoms with van der Waals surface area (Å²) in [6.07, 6.45) is 6.76. The smallest absolute Gasteiger partial charge is 0.192 e. The minimum Gasteiger partial charge on any atom is -0.299 e. The molecule has 1 aromatic carbocycles. The lowest BCUT2D eigenvalue weighted by molar-refractivity contribution is 0.0994. The molecule has 4 rings (SSSR count). The van der Waals surface area contributed by atoms with E-state index in [1.165, 1.54) is 17.3 Å². The van der Waals surface area contributed by atoms with Crippen LogP contribution in [-0.4, -0.2) is 30.8 Å². The van der Waals surface area contributed by atoms with Gasteiger partial charge in [-0.05, 0) is 43.9 Å². The van der Waals surface area contributed by atoms with E-state index in [9.17, 15) is 4.79 Å². The molecule has 1 saturated carbocycles. The third kappa shape index (κ3) is 3.81. The molecule has 1 fully saturated rings. The Bertz CT molecular complexity index is 933. The molecule has 0 aliphatic heterocycles. The van der Waals surface area contributed by atoms with Crippen molar-refractivity contribution < 1.29 is 4.79 Å². The predicted octanol–water partition coefficient (Wildman–Crippen LogP) is 4.60. The van der Waals surface area contributed by atoms with E-state index in [0.29, 0.717) is 6.04 Å². The number of rotatable bonds is 7. The molecule has 2 heterocycles. The molecule has 138 valence electrons. The van der Waals surface area contributed by atoms with Gasteiger partial charge >= 0.3 is 0 Å². The molecule has 27 heavy (non-hydrogen) atoms. The van der Waals surface area contributed by atoms with E-state index in [1.54, 1.807) is 12.4 Å². The molecular formula is C21H22N4OS. The molecule has 0 saturated heterocycles. The van der Waals surface area contributed by atoms with Crippen LogP contribution in [-0.2, 0) is 6.42 Å². The van der Waals surface area contributed by atoms with Gasteiger partial charge in [0.05, 0.1) is 5.25 Å². The monoisotopic (exact) mass is 378 g/mol. The highest BCUT2D eigenvalue weighted by Gasteiger charge is 2.31. The average molecular weight is 379 g/mol. The van der Waals surface area contributed by atoms with Gasteiger partial charge in [0.1, 0.15) is 0 Å². The van der Waals surface area contributed by atoms with E-state index >= 15 is 0 Å². The molecule has 6 heteroatoms. The largest absolute Gasteiger partial charge is 0.299 e. The number of ketones is 1. The second-order valence-electron chi connectivity index (χ2n) is 6.82. The summed E-state index contributed by atoms with van der Waals surface area (Å²) < 4.78 is 2.18. The zero-order valence-corrected chi connectivity index (χ0v) is 16.3. The van der Waals surface area contributed by atoms with Gasteiger partial charge in [0.15, 0.2) is 16.8 Å². The van der Waals surface area contributed by atoms with Crippen molar-refractivity contribution in [2.45, 2.75) is 49.6 Å². The Morgan fingerprint density at radius 1 is 1.15 bits per heavy atom. The maximum Gasteiger partial charge on any atom is 0.192 e. The molecule has 0 bridgehead atoms. The molecule has 2 aromatic heterocycles. The highest BCUT2D eigenvalue weighted by molar-refractivity contribution is 8.00. The van der Waals surface area contributed by atoms with Crippen molar-refractivity contribution in [2.75, 3.05) is 0 Å². The molecule has 0 spiro atoms. The number of thioether (sulfide) groups is 1. The van der Waals surface area contributed by atoms with Crippen LogP contribution in [0.4, 0.5) is 0 Å². The number of carbonyl (C=O) groups is 1. The fourth-order valence-corrected chi connectivity index (χ4v) is 4.06. The van der Waals surface area contributed by atoms with Crippen molar-refractivity contribution in [3.05, 3.63) is 59.9 Å². The minimum atomic E-state index is -0.218. The van der Waals surface area contributed by atoms with Crippen molar-refractivity contribution in [1.82, 2.24) is 19.7 Å². The van der Waals surface area contributed by atoms with Gasteiger partial charge in [0.2, 0.25) is 0 Å². The van der Waals surface area contributed by atoms with Crippen LogP contribution in [0.2, 0.25) is 0 Å². The Labute approximate surface area is 163 Å². The van der Waals surface area contributed by atoms with Crippen molar-refractivity contribution in [1.29, 1.82) is 0 Å². The van der Waals surface area contributed by atoms with Crippen molar-refractivity contribution in [2.24, 2.45) is 0 Å². The van der Waals surface area contributed by atoms with Crippen molar-refractivity contribution >= 4 is 17.5 Å². The van der Waals surface area contributed by atoms with Crippen molar-refractivity contribution in [3.8, 4) is 11.4 Å². The molecule has 1 aliphatic carbocycles. The first-order chi connectivity index (χ1) is 13.2. The lowest BCUT2D eigenvalue weighted by atomic mass is 10.1. The zero-order chi connectivity index (χ0) is 18.8. The molecule has 0 unspecified atom stereocenters. The zero-order valence-electron chi connectivity index (χ0n) is 15.5. The second kappa shape index (κ2) is 7.64. The Balaban J connectivity index is 1.57. The summed E-state index contributed by atoms with van der Waals surface area (Å²) >= 11 is 1.49. The number of nitrogens with zero attached hydrogens (tertiary/aromatic N) is 4. The Morgan fingerprint density at radius 3 is 2.48 bits per heavy atom. The molecule has 1 aliphatic rings. The van der Waals surface area contributed by atoms with Gasteiger partial charge in [-0.1, -0.05) is 43.0 Å². The summed E-state index contributed by atoms with van der Waals surface area (Å²) in [4.78, 5) is 16.9. The number of hydrogen-bond donors (Lipinski definition) is 0. The van der Waals surface area contributed by atoms with Crippen LogP contribution in [0.1, 0.15) is 48.7 Å². The third-order valence-corrected chi connectivity index (χ3v) is 5.87. The van der Waals surface area contributed by atoms with Gasteiger partial charge < -0.3 is 0 Å². The maximum atomic E-state index is 12.8. The lowest BCUT2D eigenvalue weighted by Gasteiger charge is -2.12. The van der Waals surface area contributed by atoms with Gasteiger partial charge in [0, 0.05) is 29.6 Å². The van der Waals surface area contributed by atoms with Gasteiger partial charge in [-0.25, -0.2) is 0 Å². The number of benzene rings is 1. The number of aromatic nitrogens is 4. The normalized spacial score (nSPS) is 14.9. The van der Waals surface area contributed by atoms with E-state index in [2.05, 4.69) is 26.7 Å². The van der Waals surface area contributed by atoms with Crippen LogP contribution in [0, 0.1) is 0 Å². The van der Waals surface area contributed by atoms with Gasteiger partial charge in [-0.2, -0.15) is 0 Å². The van der Waals surface area contributed by atoms with E-state index < -0.39 is 0 Å². The fraction of sp³-hybridized carbons (Fsp3) is 0.333. The quantitative estimate of drug-likeness (QED) is 0.444. The van der Waals surface area contributed by atoms with E-state index in [-0.39, 0.29) is 11.0 Å². The van der Waals surface area contributed by atoms with Crippen LogP contribution in [0.3, 0.4) is 0 Å². The molecule has 1 atom stereocenters. The van der Waals surface area contributed by atoms with Crippen molar-refractivity contribution in [3.63, 3.8) is 0 Å². The first kappa shape index (κ1) is 17.9. The molecule has 0 radical (unpaired) electrons. The molecule has 3 aromatic rings. The standard InChI is InChI=1S/C21H22N4OS/c1-3-15-4-6-16(7-5-15)19(26)14(2)27-21-24-23-20(25(21)18-8-9-18)17-10-12-22-13-11-17/h4-7,10-14,18H,3,8-9H2,1-2H3/t14-/m1/s1. The van der Waals surface area contributed by atoms with Crippen LogP contribution < -0.4 is 0 Å². The van der Waals surface area contributed by atoms with E-state index in [0.717, 1.165) is 41.4 Å². The lowest BCUT2D eigenvalue weighted by Crippen LogP contribution is -2.14. The highest BCUT2D eigenvalue weighted by atomic mass is 32.2. The highest BCUT2D eigenvalue weighted by Crippen LogP contribution is 2.41. The Morgan fingerprint density at radius 2 is 1.85 bits per heavy atom. The van der Waals surface area contributed by atoms with Gasteiger partial charge in [-0.15, -0.1) is 10.2 Å². The van der Waals surface area contributed by atoms with Gasteiger partial charge in [0.25, 0.3) is 0 Å². The summed E-state index contributed by atoms with van der Waals surface area (Å²) in [5.41, 5.74) is 2.99. The fourth-order valence-electron chi connectivity index (χ4n) is 3.07. The third-order valence-electron chi connectivity index (χ3n) is 4.81. The number of pyridine rings is 1. The van der Waals surface area contributed by atoms with Crippen LogP contribution in [0.15, 0.2) is 53.9 Å². The summed E-state index contributed by atoms with van der Waals surface area (Å²) in [6.45, 7) is 4.05. The first-order valence-electron chi connectivity index (χ1n) is 9.32. The van der Waals surface area contributed by atoms with Crippen LogP contribution in [0.25, 0.3) is 11.4 Å². The minimum absolute atomic E-state index is 0.124. The topological polar surface area (TPSA) is 60.7 Å². The number of hydrogen-bond acceptors (Lipinski definition) is 5. The summed E-state index contributed by atoms with van der Waals surface area (Å²) in [5, 5.41) is 9.41. The average Bonchev–Trinajstić information content (AvgIpc) is 3.48. The first-order valence-corrected chi connectivity index (χ1v) is 10.2. The Hall–Kier alpha value is -2.47. The SMILES string of the molecule is CCc1ccc(C(=O)[C@@H](C)Sc2nnc(-c3ccncc3)n2C2CC2)cc1. The maximum absolute atomic E-state index is 12.8.